The molecule has 0 bridgehead atoms. The number of ether oxygens (including phenoxy) is 4. The van der Waals surface area contributed by atoms with E-state index in [-0.39, 0.29) is 5.91 Å². The van der Waals surface area contributed by atoms with Crippen LogP contribution in [0.25, 0.3) is 0 Å². The lowest BCUT2D eigenvalue weighted by Gasteiger charge is -2.24. The highest BCUT2D eigenvalue weighted by Gasteiger charge is 2.14. The molecule has 1 saturated heterocycles. The van der Waals surface area contributed by atoms with Gasteiger partial charge in [0.15, 0.2) is 0 Å². The fourth-order valence-electron chi connectivity index (χ4n) is 7.64. The molecule has 3 heterocycles. The summed E-state index contributed by atoms with van der Waals surface area (Å²) in [5.74, 6) is 0.206. The molecule has 334 valence electrons. The smallest absolute Gasteiger partial charge is 0.222 e. The number of aromatic nitrogens is 2. The lowest BCUT2D eigenvalue weighted by Crippen LogP contribution is -2.37. The second-order valence-electron chi connectivity index (χ2n) is 16.3. The van der Waals surface area contributed by atoms with E-state index in [1.807, 2.05) is 29.4 Å². The fourth-order valence-corrected chi connectivity index (χ4v) is 7.64. The third-order valence-corrected chi connectivity index (χ3v) is 11.4. The van der Waals surface area contributed by atoms with E-state index in [2.05, 4.69) is 75.2 Å². The molecule has 0 saturated carbocycles. The summed E-state index contributed by atoms with van der Waals surface area (Å²) in [7, 11) is 0. The molecule has 1 fully saturated rings. The van der Waals surface area contributed by atoms with Crippen molar-refractivity contribution in [2.45, 2.75) is 123 Å². The maximum absolute atomic E-state index is 13.1. The van der Waals surface area contributed by atoms with Crippen molar-refractivity contribution in [3.05, 3.63) is 95.6 Å². The van der Waals surface area contributed by atoms with Gasteiger partial charge in [0.25, 0.3) is 0 Å². The SMILES string of the molecule is CCCCCCCCCCCCCCCC(=O)N1CCOCCOCCN(Cc2ccc(CN(CCc3ccccn3)CCc3ccccn3)cc2)CCOCCOCC1. The Labute approximate surface area is 363 Å². The number of carbonyl (C=O) groups is 1. The highest BCUT2D eigenvalue weighted by Crippen LogP contribution is 2.15. The van der Waals surface area contributed by atoms with Crippen LogP contribution < -0.4 is 0 Å². The van der Waals surface area contributed by atoms with Gasteiger partial charge in [-0.3, -0.25) is 24.6 Å². The second kappa shape index (κ2) is 33.4. The standard InChI is InChI=1S/C50H79N5O5/c1-2-3-4-5-6-7-8-9-10-11-12-13-14-21-50(56)55-34-38-59-42-40-57-36-32-54(33-37-58-41-43-60-39-35-55)45-47-24-22-46(23-25-47)44-53(30-26-48-19-15-17-28-51-48)31-27-49-20-16-18-29-52-49/h15-20,22-25,28-29H,2-14,21,26-27,30-45H2,1H3. The summed E-state index contributed by atoms with van der Waals surface area (Å²) in [6.07, 6.45) is 23.1. The molecular formula is C50H79N5O5. The van der Waals surface area contributed by atoms with Crippen molar-refractivity contribution in [1.82, 2.24) is 24.7 Å². The first-order chi connectivity index (χ1) is 29.7. The van der Waals surface area contributed by atoms with Crippen LogP contribution in [0.2, 0.25) is 0 Å². The molecule has 4 rings (SSSR count). The summed E-state index contributed by atoms with van der Waals surface area (Å²) in [5.41, 5.74) is 4.81. The molecule has 60 heavy (non-hydrogen) atoms. The Morgan fingerprint density at radius 1 is 0.550 bits per heavy atom. The van der Waals surface area contributed by atoms with Crippen LogP contribution in [0, 0.1) is 0 Å². The summed E-state index contributed by atoms with van der Waals surface area (Å²) in [4.78, 5) is 29.0. The highest BCUT2D eigenvalue weighted by atomic mass is 16.5. The maximum atomic E-state index is 13.1. The van der Waals surface area contributed by atoms with Crippen LogP contribution in [-0.4, -0.2) is 123 Å². The summed E-state index contributed by atoms with van der Waals surface area (Å²) >= 11 is 0. The van der Waals surface area contributed by atoms with Gasteiger partial charge < -0.3 is 23.8 Å². The van der Waals surface area contributed by atoms with Crippen molar-refractivity contribution >= 4 is 5.91 Å². The summed E-state index contributed by atoms with van der Waals surface area (Å²) < 4.78 is 23.8. The molecule has 3 aromatic rings. The average Bonchev–Trinajstić information content (AvgIpc) is 3.28. The van der Waals surface area contributed by atoms with Gasteiger partial charge in [-0.25, -0.2) is 0 Å². The van der Waals surface area contributed by atoms with Crippen LogP contribution in [0.3, 0.4) is 0 Å². The Bertz CT molecular complexity index is 1390. The van der Waals surface area contributed by atoms with Gasteiger partial charge in [0.05, 0.1) is 52.9 Å². The summed E-state index contributed by atoms with van der Waals surface area (Å²) in [5, 5.41) is 0. The number of rotatable bonds is 24. The number of hydrogen-bond acceptors (Lipinski definition) is 9. The monoisotopic (exact) mass is 830 g/mol. The zero-order valence-electron chi connectivity index (χ0n) is 37.3. The Hall–Kier alpha value is -3.25. The average molecular weight is 830 g/mol. The van der Waals surface area contributed by atoms with Gasteiger partial charge in [0, 0.05) is 95.4 Å². The van der Waals surface area contributed by atoms with Crippen molar-refractivity contribution in [2.75, 3.05) is 92.1 Å². The Balaban J connectivity index is 1.13. The molecule has 1 aliphatic heterocycles. The molecule has 1 amide bonds. The number of hydrogen-bond donors (Lipinski definition) is 0. The lowest BCUT2D eigenvalue weighted by atomic mass is 10.0. The topological polar surface area (TPSA) is 89.5 Å². The van der Waals surface area contributed by atoms with E-state index in [9.17, 15) is 4.79 Å². The summed E-state index contributed by atoms with van der Waals surface area (Å²) in [6, 6.07) is 21.3. The van der Waals surface area contributed by atoms with Crippen LogP contribution in [0.15, 0.2) is 73.1 Å². The van der Waals surface area contributed by atoms with Gasteiger partial charge >= 0.3 is 0 Å². The Morgan fingerprint density at radius 3 is 1.47 bits per heavy atom. The first-order valence-corrected chi connectivity index (χ1v) is 23.6. The normalized spacial score (nSPS) is 15.8. The van der Waals surface area contributed by atoms with Crippen molar-refractivity contribution < 1.29 is 23.7 Å². The quantitative estimate of drug-likeness (QED) is 0.0822. The molecule has 0 N–H and O–H groups in total. The zero-order chi connectivity index (χ0) is 42.0. The van der Waals surface area contributed by atoms with Gasteiger partial charge in [0.1, 0.15) is 0 Å². The Morgan fingerprint density at radius 2 is 1.00 bits per heavy atom. The molecule has 1 aromatic carbocycles. The number of pyridine rings is 2. The molecule has 0 unspecified atom stereocenters. The van der Waals surface area contributed by atoms with Crippen molar-refractivity contribution in [3.8, 4) is 0 Å². The minimum absolute atomic E-state index is 0.206. The van der Waals surface area contributed by atoms with Crippen molar-refractivity contribution in [1.29, 1.82) is 0 Å². The van der Waals surface area contributed by atoms with E-state index < -0.39 is 0 Å². The molecule has 0 atom stereocenters. The van der Waals surface area contributed by atoms with Crippen LogP contribution in [0.4, 0.5) is 0 Å². The van der Waals surface area contributed by atoms with Gasteiger partial charge in [-0.05, 0) is 41.8 Å². The third kappa shape index (κ3) is 23.7. The van der Waals surface area contributed by atoms with Gasteiger partial charge in [-0.15, -0.1) is 0 Å². The highest BCUT2D eigenvalue weighted by molar-refractivity contribution is 5.76. The number of unbranched alkanes of at least 4 members (excludes halogenated alkanes) is 12. The largest absolute Gasteiger partial charge is 0.378 e. The molecule has 0 spiro atoms. The molecule has 1 aliphatic rings. The lowest BCUT2D eigenvalue weighted by molar-refractivity contribution is -0.133. The van der Waals surface area contributed by atoms with Gasteiger partial charge in [0.2, 0.25) is 5.91 Å². The first kappa shape index (κ1) is 49.4. The second-order valence-corrected chi connectivity index (χ2v) is 16.3. The van der Waals surface area contributed by atoms with Gasteiger partial charge in [-0.1, -0.05) is 120 Å². The minimum atomic E-state index is 0.206. The number of nitrogens with zero attached hydrogens (tertiary/aromatic N) is 5. The Kier molecular flexibility index (Phi) is 27.5. The van der Waals surface area contributed by atoms with E-state index in [0.717, 1.165) is 76.3 Å². The minimum Gasteiger partial charge on any atom is -0.378 e. The van der Waals surface area contributed by atoms with E-state index in [1.54, 1.807) is 0 Å². The van der Waals surface area contributed by atoms with E-state index in [1.165, 1.54) is 81.8 Å². The molecule has 10 nitrogen and oxygen atoms in total. The van der Waals surface area contributed by atoms with Crippen molar-refractivity contribution in [2.24, 2.45) is 0 Å². The number of amides is 1. The fraction of sp³-hybridized carbons (Fsp3) is 0.660. The van der Waals surface area contributed by atoms with E-state index in [4.69, 9.17) is 18.9 Å². The number of carbonyl (C=O) groups excluding carboxylic acids is 1. The molecule has 10 heteroatoms. The third-order valence-electron chi connectivity index (χ3n) is 11.4. The van der Waals surface area contributed by atoms with Crippen molar-refractivity contribution in [3.63, 3.8) is 0 Å². The van der Waals surface area contributed by atoms with Crippen LogP contribution >= 0.6 is 0 Å². The zero-order valence-corrected chi connectivity index (χ0v) is 37.3. The number of benzene rings is 1. The maximum Gasteiger partial charge on any atom is 0.222 e. The van der Waals surface area contributed by atoms with Crippen LogP contribution in [0.5, 0.6) is 0 Å². The van der Waals surface area contributed by atoms with Crippen LogP contribution in [-0.2, 0) is 49.7 Å². The first-order valence-electron chi connectivity index (χ1n) is 23.6. The molecule has 0 aliphatic carbocycles. The predicted octanol–water partition coefficient (Wildman–Crippen LogP) is 8.96. The van der Waals surface area contributed by atoms with Crippen LogP contribution in [0.1, 0.15) is 119 Å². The predicted molar refractivity (Wildman–Crippen MR) is 243 cm³/mol. The molecule has 2 aromatic heterocycles. The van der Waals surface area contributed by atoms with Gasteiger partial charge in [-0.2, -0.15) is 0 Å². The van der Waals surface area contributed by atoms with E-state index in [0.29, 0.717) is 72.4 Å². The molecular weight excluding hydrogens is 751 g/mol. The van der Waals surface area contributed by atoms with E-state index >= 15 is 0 Å². The molecule has 0 radical (unpaired) electrons. The summed E-state index contributed by atoms with van der Waals surface area (Å²) in [6.45, 7) is 13.0.